The molecule has 8 heteroatoms. The molecule has 0 bridgehead atoms. The molecule has 0 spiro atoms. The number of aromatic nitrogens is 2. The molecule has 4 aromatic rings. The third-order valence-electron chi connectivity index (χ3n) is 6.90. The molecule has 1 atom stereocenters. The molecule has 0 unspecified atom stereocenters. The summed E-state index contributed by atoms with van der Waals surface area (Å²) in [4.78, 5) is 24.2. The largest absolute Gasteiger partial charge is 0.453 e. The van der Waals surface area contributed by atoms with Gasteiger partial charge in [0, 0.05) is 50.9 Å². The van der Waals surface area contributed by atoms with Crippen molar-refractivity contribution in [1.82, 2.24) is 14.9 Å². The van der Waals surface area contributed by atoms with E-state index in [1.54, 1.807) is 24.4 Å². The summed E-state index contributed by atoms with van der Waals surface area (Å²) in [5, 5.41) is 0. The van der Waals surface area contributed by atoms with Crippen molar-refractivity contribution in [1.29, 1.82) is 0 Å². The number of thiophene rings is 1. The number of pyridine rings is 2. The Morgan fingerprint density at radius 2 is 1.92 bits per heavy atom. The van der Waals surface area contributed by atoms with E-state index >= 15 is 0 Å². The summed E-state index contributed by atoms with van der Waals surface area (Å²) in [6.45, 7) is 1.95. The number of nitrogens with zero attached hydrogens (tertiary/aromatic N) is 3. The van der Waals surface area contributed by atoms with E-state index in [2.05, 4.69) is 14.9 Å². The van der Waals surface area contributed by atoms with Crippen LogP contribution in [-0.4, -0.2) is 39.9 Å². The Morgan fingerprint density at radius 1 is 1.05 bits per heavy atom. The SMILES string of the molecule is O=C(Cc1ccc(Oc2ccnc3cc(-c4ccc(CN5CC[C@H](F)C5)cn4)sc23)c(F)c1)CC1CC1. The normalized spacial score (nSPS) is 17.9. The molecule has 4 heterocycles. The van der Waals surface area contributed by atoms with Gasteiger partial charge in [-0.25, -0.2) is 8.78 Å². The predicted octanol–water partition coefficient (Wildman–Crippen LogP) is 6.75. The summed E-state index contributed by atoms with van der Waals surface area (Å²) in [5.41, 5.74) is 3.28. The Morgan fingerprint density at radius 3 is 2.65 bits per heavy atom. The molecule has 190 valence electrons. The third kappa shape index (κ3) is 5.70. The Bertz CT molecular complexity index is 1440. The van der Waals surface area contributed by atoms with Gasteiger partial charge in [-0.2, -0.15) is 0 Å². The first kappa shape index (κ1) is 24.1. The lowest BCUT2D eigenvalue weighted by molar-refractivity contribution is -0.118. The number of halogens is 2. The van der Waals surface area contributed by atoms with Crippen LogP contribution >= 0.6 is 11.3 Å². The second-order valence-electron chi connectivity index (χ2n) is 10.0. The summed E-state index contributed by atoms with van der Waals surface area (Å²) in [7, 11) is 0. The van der Waals surface area contributed by atoms with Crippen LogP contribution in [0, 0.1) is 11.7 Å². The fraction of sp³-hybridized carbons (Fsp3) is 0.345. The lowest BCUT2D eigenvalue weighted by atomic mass is 10.0. The zero-order valence-corrected chi connectivity index (χ0v) is 21.1. The monoisotopic (exact) mass is 519 g/mol. The highest BCUT2D eigenvalue weighted by Gasteiger charge is 2.24. The van der Waals surface area contributed by atoms with Gasteiger partial charge in [-0.15, -0.1) is 11.3 Å². The predicted molar refractivity (Wildman–Crippen MR) is 140 cm³/mol. The number of carbonyl (C=O) groups is 1. The summed E-state index contributed by atoms with van der Waals surface area (Å²) >= 11 is 1.49. The highest BCUT2D eigenvalue weighted by atomic mass is 32.1. The first-order valence-corrected chi connectivity index (χ1v) is 13.5. The van der Waals surface area contributed by atoms with Gasteiger partial charge in [-0.3, -0.25) is 19.7 Å². The number of ketones is 1. The lowest BCUT2D eigenvalue weighted by Gasteiger charge is -2.14. The van der Waals surface area contributed by atoms with Crippen molar-refractivity contribution in [2.45, 2.75) is 44.8 Å². The van der Waals surface area contributed by atoms with Gasteiger partial charge < -0.3 is 4.74 Å². The first-order chi connectivity index (χ1) is 18.0. The smallest absolute Gasteiger partial charge is 0.166 e. The van der Waals surface area contributed by atoms with Crippen LogP contribution in [0.25, 0.3) is 20.8 Å². The standard InChI is InChI=1S/C29H27F2N3O2S/c30-21-8-10-34(17-21)16-20-3-5-24(33-15-20)28-14-25-29(37-28)27(7-9-32-25)36-26-6-4-19(13-23(26)31)12-22(35)11-18-1-2-18/h3-7,9,13-15,18,21H,1-2,8,10-12,16-17H2/t21-/m0/s1. The van der Waals surface area contributed by atoms with Crippen LogP contribution in [0.3, 0.4) is 0 Å². The molecule has 37 heavy (non-hydrogen) atoms. The molecule has 1 saturated heterocycles. The minimum Gasteiger partial charge on any atom is -0.453 e. The Labute approximate surface area is 218 Å². The molecule has 2 aliphatic rings. The number of carbonyl (C=O) groups excluding carboxylic acids is 1. The zero-order valence-electron chi connectivity index (χ0n) is 20.3. The topological polar surface area (TPSA) is 55.3 Å². The molecule has 1 aliphatic carbocycles. The van der Waals surface area contributed by atoms with E-state index < -0.39 is 12.0 Å². The number of Topliss-reactive ketones (excluding diaryl/α,β-unsaturated/α-hetero) is 1. The maximum absolute atomic E-state index is 14.9. The molecule has 0 radical (unpaired) electrons. The molecule has 3 aromatic heterocycles. The summed E-state index contributed by atoms with van der Waals surface area (Å²) in [6, 6.07) is 12.4. The maximum Gasteiger partial charge on any atom is 0.166 e. The van der Waals surface area contributed by atoms with Gasteiger partial charge in [0.25, 0.3) is 0 Å². The van der Waals surface area contributed by atoms with Gasteiger partial charge >= 0.3 is 0 Å². The number of hydrogen-bond acceptors (Lipinski definition) is 6. The van der Waals surface area contributed by atoms with E-state index in [9.17, 15) is 13.6 Å². The van der Waals surface area contributed by atoms with Crippen molar-refractivity contribution in [3.8, 4) is 22.1 Å². The van der Waals surface area contributed by atoms with Gasteiger partial charge in [0.15, 0.2) is 11.6 Å². The van der Waals surface area contributed by atoms with Crippen molar-refractivity contribution >= 4 is 27.3 Å². The van der Waals surface area contributed by atoms with Crippen LogP contribution < -0.4 is 4.74 Å². The number of fused-ring (bicyclic) bond motifs is 1. The van der Waals surface area contributed by atoms with Gasteiger partial charge in [0.1, 0.15) is 17.7 Å². The molecular weight excluding hydrogens is 492 g/mol. The molecule has 5 nitrogen and oxygen atoms in total. The van der Waals surface area contributed by atoms with E-state index in [1.165, 1.54) is 17.4 Å². The zero-order chi connectivity index (χ0) is 25.4. The van der Waals surface area contributed by atoms with Crippen molar-refractivity contribution < 1.29 is 18.3 Å². The van der Waals surface area contributed by atoms with Crippen molar-refractivity contribution in [2.24, 2.45) is 5.92 Å². The molecule has 1 aliphatic heterocycles. The molecule has 1 aromatic carbocycles. The van der Waals surface area contributed by atoms with E-state index in [0.29, 0.717) is 43.2 Å². The molecule has 0 amide bonds. The van der Waals surface area contributed by atoms with E-state index in [-0.39, 0.29) is 18.0 Å². The van der Waals surface area contributed by atoms with E-state index in [4.69, 9.17) is 4.74 Å². The number of benzene rings is 1. The summed E-state index contributed by atoms with van der Waals surface area (Å²) in [5.74, 6) is 0.819. The Balaban J connectivity index is 1.17. The second kappa shape index (κ2) is 10.3. The minimum atomic E-state index is -0.734. The number of alkyl halides is 1. The van der Waals surface area contributed by atoms with Gasteiger partial charge in [0.05, 0.1) is 20.8 Å². The van der Waals surface area contributed by atoms with Crippen LogP contribution in [0.4, 0.5) is 8.78 Å². The molecule has 2 fully saturated rings. The maximum atomic E-state index is 14.9. The molecular formula is C29H27F2N3O2S. The van der Waals surface area contributed by atoms with Crippen LogP contribution in [0.5, 0.6) is 11.5 Å². The molecule has 6 rings (SSSR count). The van der Waals surface area contributed by atoms with Crippen LogP contribution in [-0.2, 0) is 17.8 Å². The van der Waals surface area contributed by atoms with Crippen molar-refractivity contribution in [2.75, 3.05) is 13.1 Å². The Kier molecular flexibility index (Phi) is 6.69. The van der Waals surface area contributed by atoms with Crippen LogP contribution in [0.2, 0.25) is 0 Å². The van der Waals surface area contributed by atoms with Crippen molar-refractivity contribution in [3.05, 3.63) is 71.8 Å². The quantitative estimate of drug-likeness (QED) is 0.245. The number of ether oxygens (including phenoxy) is 1. The van der Waals surface area contributed by atoms with Gasteiger partial charge in [-0.1, -0.05) is 12.1 Å². The van der Waals surface area contributed by atoms with Gasteiger partial charge in [-0.05, 0) is 60.6 Å². The minimum absolute atomic E-state index is 0.112. The van der Waals surface area contributed by atoms with Crippen LogP contribution in [0.15, 0.2) is 54.9 Å². The van der Waals surface area contributed by atoms with Gasteiger partial charge in [0.2, 0.25) is 0 Å². The highest BCUT2D eigenvalue weighted by Crippen LogP contribution is 2.39. The van der Waals surface area contributed by atoms with Crippen molar-refractivity contribution in [3.63, 3.8) is 0 Å². The Hall–Kier alpha value is -3.23. The summed E-state index contributed by atoms with van der Waals surface area (Å²) < 4.78 is 35.1. The second-order valence-corrected chi connectivity index (χ2v) is 11.1. The third-order valence-corrected chi connectivity index (χ3v) is 8.07. The number of rotatable bonds is 9. The number of likely N-dealkylation sites (tertiary alicyclic amines) is 1. The first-order valence-electron chi connectivity index (χ1n) is 12.7. The fourth-order valence-corrected chi connectivity index (χ4v) is 5.81. The van der Waals surface area contributed by atoms with Crippen LogP contribution in [0.1, 0.15) is 36.8 Å². The van der Waals surface area contributed by atoms with E-state index in [1.807, 2.05) is 24.4 Å². The fourth-order valence-electron chi connectivity index (χ4n) is 4.77. The molecule has 0 N–H and O–H groups in total. The number of hydrogen-bond donors (Lipinski definition) is 0. The summed E-state index contributed by atoms with van der Waals surface area (Å²) in [6.07, 6.45) is 6.43. The average molecular weight is 520 g/mol. The van der Waals surface area contributed by atoms with E-state index in [0.717, 1.165) is 45.7 Å². The molecule has 1 saturated carbocycles. The highest BCUT2D eigenvalue weighted by molar-refractivity contribution is 7.22. The average Bonchev–Trinajstić information content (AvgIpc) is 3.42. The lowest BCUT2D eigenvalue weighted by Crippen LogP contribution is -2.20.